The van der Waals surface area contributed by atoms with E-state index in [9.17, 15) is 14.3 Å². The van der Waals surface area contributed by atoms with Gasteiger partial charge in [-0.1, -0.05) is 106 Å². The molecule has 0 radical (unpaired) electrons. The van der Waals surface area contributed by atoms with E-state index in [-0.39, 0.29) is 32.2 Å². The second kappa shape index (κ2) is 30.3. The molecule has 2 atom stereocenters. The summed E-state index contributed by atoms with van der Waals surface area (Å²) in [5.41, 5.74) is 0. The fourth-order valence-electron chi connectivity index (χ4n) is 3.85. The highest BCUT2D eigenvalue weighted by atomic mass is 31.2. The molecule has 0 bridgehead atoms. The summed E-state index contributed by atoms with van der Waals surface area (Å²) in [5, 5.41) is 0. The Kier molecular flexibility index (Phi) is 28.9. The van der Waals surface area contributed by atoms with Crippen LogP contribution in [0.25, 0.3) is 0 Å². The maximum absolute atomic E-state index is 12.3. The van der Waals surface area contributed by atoms with Gasteiger partial charge in [0.25, 0.3) is 7.82 Å². The molecule has 9 heteroatoms. The Morgan fingerprint density at radius 2 is 1.24 bits per heavy atom. The van der Waals surface area contributed by atoms with Crippen molar-refractivity contribution in [3.63, 3.8) is 0 Å². The van der Waals surface area contributed by atoms with E-state index >= 15 is 0 Å². The minimum absolute atomic E-state index is 0.0112. The minimum atomic E-state index is -4.52. The van der Waals surface area contributed by atoms with E-state index in [4.69, 9.17) is 18.5 Å². The van der Waals surface area contributed by atoms with Crippen molar-refractivity contribution < 1.29 is 37.3 Å². The summed E-state index contributed by atoms with van der Waals surface area (Å²) < 4.78 is 34.0. The van der Waals surface area contributed by atoms with Gasteiger partial charge in [-0.2, -0.15) is 0 Å². The molecule has 0 aromatic rings. The highest BCUT2D eigenvalue weighted by Gasteiger charge is 2.20. The number of phosphoric acid groups is 1. The standard InChI is InChI=1S/C37H64NO7P/c1-6-8-10-12-13-14-15-16-17-18-19-20-21-22-23-24-25-26-27-29-32-42-34-36(45-37(39)30-28-11-9-7-2)35-44-46(40,41)43-33-31-38(3,4)5/h8,10,13-14,16-17,19-20,22-23,25-26,36H,6-7,9,11-12,15,18,21,24,27-35H2,1-5H3/b10-8-,14-13-,17-16-,20-19-,23-22-,26-25-. The van der Waals surface area contributed by atoms with Gasteiger partial charge in [0.15, 0.2) is 0 Å². The number of carbonyl (C=O) groups excluding carboxylic acids is 1. The number of unbranched alkanes of at least 4 members (excludes halogenated alkanes) is 4. The topological polar surface area (TPSA) is 94.1 Å². The fraction of sp³-hybridized carbons (Fsp3) is 0.649. The number of quaternary nitrogens is 1. The van der Waals surface area contributed by atoms with Gasteiger partial charge in [-0.25, -0.2) is 0 Å². The maximum Gasteiger partial charge on any atom is 0.306 e. The van der Waals surface area contributed by atoms with Crippen LogP contribution in [0.15, 0.2) is 72.9 Å². The van der Waals surface area contributed by atoms with Crippen molar-refractivity contribution >= 4 is 13.8 Å². The highest BCUT2D eigenvalue weighted by Crippen LogP contribution is 2.38. The Morgan fingerprint density at radius 3 is 1.76 bits per heavy atom. The summed E-state index contributed by atoms with van der Waals surface area (Å²) in [5.74, 6) is -0.377. The Morgan fingerprint density at radius 1 is 0.696 bits per heavy atom. The largest absolute Gasteiger partial charge is 0.756 e. The Balaban J connectivity index is 4.26. The number of ether oxygens (including phenoxy) is 2. The summed E-state index contributed by atoms with van der Waals surface area (Å²) >= 11 is 0. The first-order chi connectivity index (χ1) is 22.1. The highest BCUT2D eigenvalue weighted by molar-refractivity contribution is 7.45. The lowest BCUT2D eigenvalue weighted by molar-refractivity contribution is -0.870. The van der Waals surface area contributed by atoms with Crippen LogP contribution in [0.2, 0.25) is 0 Å². The normalized spacial score (nSPS) is 15.0. The molecular formula is C37H64NO7P. The van der Waals surface area contributed by atoms with E-state index in [2.05, 4.69) is 86.8 Å². The third-order valence-corrected chi connectivity index (χ3v) is 7.49. The van der Waals surface area contributed by atoms with Crippen LogP contribution in [0.3, 0.4) is 0 Å². The monoisotopic (exact) mass is 665 g/mol. The lowest BCUT2D eigenvalue weighted by Crippen LogP contribution is -2.37. The summed E-state index contributed by atoms with van der Waals surface area (Å²) in [7, 11) is 1.30. The van der Waals surface area contributed by atoms with E-state index in [0.29, 0.717) is 17.6 Å². The molecule has 0 saturated carbocycles. The van der Waals surface area contributed by atoms with Gasteiger partial charge in [-0.05, 0) is 57.8 Å². The summed E-state index contributed by atoms with van der Waals surface area (Å²) in [6.45, 7) is 4.96. The molecule has 0 aliphatic carbocycles. The number of hydrogen-bond acceptors (Lipinski definition) is 7. The number of phosphoric ester groups is 1. The van der Waals surface area contributed by atoms with E-state index in [1.54, 1.807) is 0 Å². The van der Waals surface area contributed by atoms with Gasteiger partial charge in [0.1, 0.15) is 19.3 Å². The molecule has 0 rings (SSSR count). The van der Waals surface area contributed by atoms with Crippen LogP contribution in [0.4, 0.5) is 0 Å². The van der Waals surface area contributed by atoms with Crippen molar-refractivity contribution in [1.82, 2.24) is 0 Å². The van der Waals surface area contributed by atoms with Gasteiger partial charge >= 0.3 is 5.97 Å². The van der Waals surface area contributed by atoms with Crippen molar-refractivity contribution in [2.45, 2.75) is 103 Å². The number of rotatable bonds is 30. The van der Waals surface area contributed by atoms with Crippen molar-refractivity contribution in [3.8, 4) is 0 Å². The molecule has 0 spiro atoms. The van der Waals surface area contributed by atoms with Gasteiger partial charge in [0, 0.05) is 13.0 Å². The maximum atomic E-state index is 12.3. The zero-order valence-corrected chi connectivity index (χ0v) is 30.4. The number of hydrogen-bond donors (Lipinski definition) is 0. The molecule has 0 amide bonds. The predicted molar refractivity (Wildman–Crippen MR) is 189 cm³/mol. The van der Waals surface area contributed by atoms with E-state index < -0.39 is 13.9 Å². The Hall–Kier alpha value is -2.06. The van der Waals surface area contributed by atoms with E-state index in [1.807, 2.05) is 21.1 Å². The van der Waals surface area contributed by atoms with Crippen molar-refractivity contribution in [2.24, 2.45) is 0 Å². The lowest BCUT2D eigenvalue weighted by Gasteiger charge is -2.28. The minimum Gasteiger partial charge on any atom is -0.756 e. The second-order valence-electron chi connectivity index (χ2n) is 12.1. The van der Waals surface area contributed by atoms with Gasteiger partial charge < -0.3 is 27.9 Å². The molecule has 0 fully saturated rings. The van der Waals surface area contributed by atoms with Gasteiger partial charge in [0.05, 0.1) is 34.4 Å². The van der Waals surface area contributed by atoms with Crippen LogP contribution in [0.5, 0.6) is 0 Å². The molecule has 8 nitrogen and oxygen atoms in total. The SMILES string of the molecule is CC/C=C\C/C=C\C/C=C\C/C=C\C/C=C\C/C=C\CCCOCC(COP(=O)([O-])OCC[N+](C)(C)C)OC(=O)CCCCCC. The molecule has 0 heterocycles. The van der Waals surface area contributed by atoms with Crippen molar-refractivity contribution in [3.05, 3.63) is 72.9 Å². The molecule has 0 saturated heterocycles. The van der Waals surface area contributed by atoms with Crippen LogP contribution < -0.4 is 4.89 Å². The second-order valence-corrected chi connectivity index (χ2v) is 13.6. The zero-order chi connectivity index (χ0) is 34.2. The third kappa shape index (κ3) is 33.3. The molecule has 2 unspecified atom stereocenters. The number of nitrogens with zero attached hydrogens (tertiary/aromatic N) is 1. The molecule has 264 valence electrons. The Bertz CT molecular complexity index is 963. The first-order valence-electron chi connectivity index (χ1n) is 17.2. The molecule has 0 aliphatic rings. The molecule has 46 heavy (non-hydrogen) atoms. The molecular weight excluding hydrogens is 601 g/mol. The first-order valence-corrected chi connectivity index (χ1v) is 18.6. The number of esters is 1. The predicted octanol–water partition coefficient (Wildman–Crippen LogP) is 8.57. The third-order valence-electron chi connectivity index (χ3n) is 6.52. The number of allylic oxidation sites excluding steroid dienone is 12. The number of likely N-dealkylation sites (N-methyl/N-ethyl adjacent to an activating group) is 1. The lowest BCUT2D eigenvalue weighted by atomic mass is 10.1. The smallest absolute Gasteiger partial charge is 0.306 e. The van der Waals surface area contributed by atoms with Gasteiger partial charge in [0.2, 0.25) is 0 Å². The van der Waals surface area contributed by atoms with E-state index in [1.165, 1.54) is 0 Å². The van der Waals surface area contributed by atoms with Crippen LogP contribution in [-0.2, 0) is 27.9 Å². The molecule has 0 aromatic heterocycles. The van der Waals surface area contributed by atoms with Crippen molar-refractivity contribution in [1.29, 1.82) is 0 Å². The zero-order valence-electron chi connectivity index (χ0n) is 29.5. The molecule has 0 N–H and O–H groups in total. The summed E-state index contributed by atoms with van der Waals surface area (Å²) in [6.07, 6.45) is 37.0. The molecule has 0 aromatic carbocycles. The average molecular weight is 666 g/mol. The average Bonchev–Trinajstić information content (AvgIpc) is 2.99. The molecule has 0 aliphatic heterocycles. The fourth-order valence-corrected chi connectivity index (χ4v) is 4.58. The summed E-state index contributed by atoms with van der Waals surface area (Å²) in [4.78, 5) is 24.5. The number of carbonyl (C=O) groups is 1. The van der Waals surface area contributed by atoms with Gasteiger partial charge in [-0.3, -0.25) is 9.36 Å². The van der Waals surface area contributed by atoms with Crippen molar-refractivity contribution in [2.75, 3.05) is 54.1 Å². The quantitative estimate of drug-likeness (QED) is 0.0249. The van der Waals surface area contributed by atoms with Crippen LogP contribution in [-0.4, -0.2) is 70.7 Å². The van der Waals surface area contributed by atoms with Gasteiger partial charge in [-0.15, -0.1) is 0 Å². The van der Waals surface area contributed by atoms with E-state index in [0.717, 1.165) is 77.0 Å². The van der Waals surface area contributed by atoms with Crippen LogP contribution >= 0.6 is 7.82 Å². The van der Waals surface area contributed by atoms with Crippen LogP contribution in [0.1, 0.15) is 97.3 Å². The summed E-state index contributed by atoms with van der Waals surface area (Å²) in [6, 6.07) is 0. The van der Waals surface area contributed by atoms with Crippen LogP contribution in [0, 0.1) is 0 Å². The first kappa shape index (κ1) is 43.9. The Labute approximate surface area is 281 Å².